The van der Waals surface area contributed by atoms with E-state index in [2.05, 4.69) is 5.32 Å². The van der Waals surface area contributed by atoms with Crippen LogP contribution in [0.15, 0.2) is 47.4 Å². The number of nitrogens with one attached hydrogen (secondary N) is 1. The third-order valence-electron chi connectivity index (χ3n) is 3.29. The first-order chi connectivity index (χ1) is 11.5. The summed E-state index contributed by atoms with van der Waals surface area (Å²) in [6.07, 6.45) is 1.85. The normalized spacial score (nSPS) is 10.2. The fourth-order valence-electron chi connectivity index (χ4n) is 2.12. The van der Waals surface area contributed by atoms with E-state index >= 15 is 0 Å². The van der Waals surface area contributed by atoms with Gasteiger partial charge in [0.2, 0.25) is 0 Å². The maximum Gasteiger partial charge on any atom is 0.282 e. The number of amides is 1. The first-order valence-electron chi connectivity index (χ1n) is 7.31. The van der Waals surface area contributed by atoms with Crippen LogP contribution in [0.3, 0.4) is 0 Å². The van der Waals surface area contributed by atoms with Gasteiger partial charge in [0.25, 0.3) is 11.6 Å². The van der Waals surface area contributed by atoms with Gasteiger partial charge in [-0.1, -0.05) is 12.1 Å². The number of rotatable bonds is 7. The summed E-state index contributed by atoms with van der Waals surface area (Å²) < 4.78 is 5.54. The van der Waals surface area contributed by atoms with Crippen LogP contribution in [-0.4, -0.2) is 30.2 Å². The van der Waals surface area contributed by atoms with Gasteiger partial charge >= 0.3 is 0 Å². The summed E-state index contributed by atoms with van der Waals surface area (Å²) in [6, 6.07) is 12.1. The number of hydrogen-bond acceptors (Lipinski definition) is 5. The summed E-state index contributed by atoms with van der Waals surface area (Å²) in [6.45, 7) is 2.51. The summed E-state index contributed by atoms with van der Waals surface area (Å²) >= 11 is 1.42. The van der Waals surface area contributed by atoms with E-state index < -0.39 is 10.8 Å². The van der Waals surface area contributed by atoms with E-state index in [0.717, 1.165) is 16.2 Å². The van der Waals surface area contributed by atoms with Crippen molar-refractivity contribution in [3.63, 3.8) is 0 Å². The van der Waals surface area contributed by atoms with E-state index in [1.54, 1.807) is 6.07 Å². The number of carbonyl (C=O) groups excluding carboxylic acids is 1. The molecule has 2 aromatic carbocycles. The van der Waals surface area contributed by atoms with Gasteiger partial charge in [0, 0.05) is 11.0 Å². The number of carbonyl (C=O) groups is 1. The Morgan fingerprint density at radius 1 is 1.29 bits per heavy atom. The zero-order valence-electron chi connectivity index (χ0n) is 13.4. The highest BCUT2D eigenvalue weighted by Gasteiger charge is 2.20. The average Bonchev–Trinajstić information content (AvgIpc) is 2.58. The van der Waals surface area contributed by atoms with Gasteiger partial charge < -0.3 is 10.1 Å². The predicted octanol–water partition coefficient (Wildman–Crippen LogP) is 3.43. The van der Waals surface area contributed by atoms with E-state index in [9.17, 15) is 14.9 Å². The summed E-state index contributed by atoms with van der Waals surface area (Å²) in [4.78, 5) is 23.5. The molecule has 0 aromatic heterocycles. The lowest BCUT2D eigenvalue weighted by molar-refractivity contribution is -0.385. The summed E-state index contributed by atoms with van der Waals surface area (Å²) in [5.74, 6) is 0.241. The molecule has 0 aliphatic rings. The van der Waals surface area contributed by atoms with Crippen LogP contribution in [0.5, 0.6) is 5.75 Å². The Morgan fingerprint density at radius 2 is 2.08 bits per heavy atom. The lowest BCUT2D eigenvalue weighted by Crippen LogP contribution is -2.28. The Kier molecular flexibility index (Phi) is 6.20. The Morgan fingerprint density at radius 3 is 2.75 bits per heavy atom. The third-order valence-corrected chi connectivity index (χ3v) is 4.02. The predicted molar refractivity (Wildman–Crippen MR) is 93.9 cm³/mol. The van der Waals surface area contributed by atoms with Gasteiger partial charge in [-0.15, -0.1) is 11.8 Å². The molecule has 0 atom stereocenters. The van der Waals surface area contributed by atoms with E-state index in [1.165, 1.54) is 23.9 Å². The van der Waals surface area contributed by atoms with Crippen molar-refractivity contribution in [2.45, 2.75) is 11.8 Å². The van der Waals surface area contributed by atoms with Crippen molar-refractivity contribution < 1.29 is 14.5 Å². The number of benzene rings is 2. The molecule has 126 valence electrons. The first kappa shape index (κ1) is 17.8. The van der Waals surface area contributed by atoms with Gasteiger partial charge in [0.1, 0.15) is 17.9 Å². The maximum absolute atomic E-state index is 12.2. The fourth-order valence-corrected chi connectivity index (χ4v) is 2.56. The zero-order valence-corrected chi connectivity index (χ0v) is 14.3. The molecule has 2 aromatic rings. The Bertz CT molecular complexity index is 749. The van der Waals surface area contributed by atoms with E-state index in [4.69, 9.17) is 4.74 Å². The molecule has 7 heteroatoms. The van der Waals surface area contributed by atoms with Crippen LogP contribution >= 0.6 is 11.8 Å². The van der Waals surface area contributed by atoms with Gasteiger partial charge in [0.05, 0.1) is 11.5 Å². The van der Waals surface area contributed by atoms with Crippen molar-refractivity contribution in [1.82, 2.24) is 5.32 Å². The second kappa shape index (κ2) is 8.35. The molecule has 2 rings (SSSR count). The largest absolute Gasteiger partial charge is 0.492 e. The van der Waals surface area contributed by atoms with Crippen molar-refractivity contribution in [2.24, 2.45) is 0 Å². The molecule has 0 aliphatic carbocycles. The molecular weight excluding hydrogens is 328 g/mol. The summed E-state index contributed by atoms with van der Waals surface area (Å²) in [7, 11) is 0. The van der Waals surface area contributed by atoms with Crippen LogP contribution in [0.4, 0.5) is 5.69 Å². The number of nitrogens with zero attached hydrogens (tertiary/aromatic N) is 1. The third kappa shape index (κ3) is 4.73. The fraction of sp³-hybridized carbons (Fsp3) is 0.235. The molecule has 0 spiro atoms. The molecule has 0 saturated heterocycles. The van der Waals surface area contributed by atoms with Crippen LogP contribution in [0, 0.1) is 17.0 Å². The highest BCUT2D eigenvalue weighted by Crippen LogP contribution is 2.24. The standard InChI is InChI=1S/C17H18N2O4S/c1-12-4-3-5-13(10-12)23-9-8-18-17(20)15-11-14(24-2)6-7-16(15)19(21)22/h3-7,10-11H,8-9H2,1-2H3,(H,18,20). The lowest BCUT2D eigenvalue weighted by atomic mass is 10.1. The number of nitro benzene ring substituents is 1. The Labute approximate surface area is 144 Å². The minimum absolute atomic E-state index is 0.0578. The van der Waals surface area contributed by atoms with Crippen LogP contribution in [0.1, 0.15) is 15.9 Å². The number of hydrogen-bond donors (Lipinski definition) is 1. The molecular formula is C17H18N2O4S. The second-order valence-electron chi connectivity index (χ2n) is 5.06. The molecule has 0 unspecified atom stereocenters. The van der Waals surface area contributed by atoms with Gasteiger partial charge in [-0.05, 0) is 43.0 Å². The molecule has 0 bridgehead atoms. The van der Waals surface area contributed by atoms with Crippen molar-refractivity contribution in [3.05, 3.63) is 63.7 Å². The molecule has 0 saturated carbocycles. The van der Waals surface area contributed by atoms with Gasteiger partial charge in [-0.3, -0.25) is 14.9 Å². The zero-order chi connectivity index (χ0) is 17.5. The van der Waals surface area contributed by atoms with Crippen molar-refractivity contribution in [3.8, 4) is 5.75 Å². The molecule has 1 N–H and O–H groups in total. The minimum Gasteiger partial charge on any atom is -0.492 e. The molecule has 0 aliphatic heterocycles. The summed E-state index contributed by atoms with van der Waals surface area (Å²) in [5, 5.41) is 13.7. The van der Waals surface area contributed by atoms with Crippen molar-refractivity contribution in [2.75, 3.05) is 19.4 Å². The molecule has 1 amide bonds. The van der Waals surface area contributed by atoms with Crippen LogP contribution < -0.4 is 10.1 Å². The van der Waals surface area contributed by atoms with Crippen LogP contribution in [0.25, 0.3) is 0 Å². The number of nitro groups is 1. The highest BCUT2D eigenvalue weighted by molar-refractivity contribution is 7.98. The molecule has 24 heavy (non-hydrogen) atoms. The molecule has 0 heterocycles. The topological polar surface area (TPSA) is 81.5 Å². The van der Waals surface area contributed by atoms with Gasteiger partial charge in [0.15, 0.2) is 0 Å². The Balaban J connectivity index is 1.96. The van der Waals surface area contributed by atoms with Crippen molar-refractivity contribution in [1.29, 1.82) is 0 Å². The number of thioether (sulfide) groups is 1. The van der Waals surface area contributed by atoms with E-state index in [1.807, 2.05) is 37.4 Å². The lowest BCUT2D eigenvalue weighted by Gasteiger charge is -2.09. The number of aryl methyl sites for hydroxylation is 1. The molecule has 0 fully saturated rings. The highest BCUT2D eigenvalue weighted by atomic mass is 32.2. The van der Waals surface area contributed by atoms with Crippen LogP contribution in [-0.2, 0) is 0 Å². The van der Waals surface area contributed by atoms with E-state index in [-0.39, 0.29) is 24.4 Å². The monoisotopic (exact) mass is 346 g/mol. The first-order valence-corrected chi connectivity index (χ1v) is 8.54. The Hall–Kier alpha value is -2.54. The van der Waals surface area contributed by atoms with Crippen molar-refractivity contribution >= 4 is 23.4 Å². The second-order valence-corrected chi connectivity index (χ2v) is 5.94. The number of ether oxygens (including phenoxy) is 1. The average molecular weight is 346 g/mol. The van der Waals surface area contributed by atoms with E-state index in [0.29, 0.717) is 0 Å². The SMILES string of the molecule is CSc1ccc([N+](=O)[O-])c(C(=O)NCCOc2cccc(C)c2)c1. The summed E-state index contributed by atoms with van der Waals surface area (Å²) in [5.41, 5.74) is 0.938. The molecule has 6 nitrogen and oxygen atoms in total. The quantitative estimate of drug-likeness (QED) is 0.359. The minimum atomic E-state index is -0.553. The maximum atomic E-state index is 12.2. The van der Waals surface area contributed by atoms with Crippen LogP contribution in [0.2, 0.25) is 0 Å². The van der Waals surface area contributed by atoms with Gasteiger partial charge in [-0.2, -0.15) is 0 Å². The van der Waals surface area contributed by atoms with Gasteiger partial charge in [-0.25, -0.2) is 0 Å². The molecule has 0 radical (unpaired) electrons. The smallest absolute Gasteiger partial charge is 0.282 e.